The number of hydrogen-bond acceptors (Lipinski definition) is 3. The van der Waals surface area contributed by atoms with Crippen LogP contribution in [0.3, 0.4) is 0 Å². The molecule has 0 heterocycles. The Labute approximate surface area is 153 Å². The van der Waals surface area contributed by atoms with E-state index in [4.69, 9.17) is 16.3 Å². The molecule has 0 bridgehead atoms. The van der Waals surface area contributed by atoms with Gasteiger partial charge in [0.25, 0.3) is 5.91 Å². The van der Waals surface area contributed by atoms with E-state index in [1.165, 1.54) is 5.56 Å². The van der Waals surface area contributed by atoms with E-state index in [0.29, 0.717) is 16.7 Å². The van der Waals surface area contributed by atoms with Gasteiger partial charge < -0.3 is 4.74 Å². The number of benzene rings is 2. The van der Waals surface area contributed by atoms with Crippen LogP contribution in [0.5, 0.6) is 5.75 Å². The van der Waals surface area contributed by atoms with Crippen molar-refractivity contribution in [3.05, 3.63) is 63.7 Å². The maximum Gasteiger partial charge on any atom is 0.277 e. The summed E-state index contributed by atoms with van der Waals surface area (Å²) in [5.74, 6) is 0.783. The molecular weight excluding hydrogens is 336 g/mol. The Morgan fingerprint density at radius 3 is 2.36 bits per heavy atom. The van der Waals surface area contributed by atoms with Crippen molar-refractivity contribution in [2.75, 3.05) is 6.61 Å². The summed E-state index contributed by atoms with van der Waals surface area (Å²) >= 11 is 6.11. The summed E-state index contributed by atoms with van der Waals surface area (Å²) in [6.45, 7) is 7.98. The van der Waals surface area contributed by atoms with Gasteiger partial charge in [-0.25, -0.2) is 5.43 Å². The number of halogens is 1. The molecule has 2 aromatic rings. The van der Waals surface area contributed by atoms with Crippen LogP contribution in [0.4, 0.5) is 0 Å². The van der Waals surface area contributed by atoms with Gasteiger partial charge in [0.1, 0.15) is 5.75 Å². The first kappa shape index (κ1) is 19.0. The van der Waals surface area contributed by atoms with E-state index in [9.17, 15) is 4.79 Å². The van der Waals surface area contributed by atoms with Crippen molar-refractivity contribution < 1.29 is 9.53 Å². The summed E-state index contributed by atoms with van der Waals surface area (Å²) < 4.78 is 5.48. The summed E-state index contributed by atoms with van der Waals surface area (Å²) in [4.78, 5) is 11.8. The van der Waals surface area contributed by atoms with E-state index in [-0.39, 0.29) is 12.5 Å². The van der Waals surface area contributed by atoms with Crippen molar-refractivity contribution in [3.63, 3.8) is 0 Å². The molecule has 0 saturated carbocycles. The number of amides is 1. The monoisotopic (exact) mass is 358 g/mol. The number of nitrogens with one attached hydrogen (secondary N) is 1. The molecular formula is C20H23ClN2O2. The van der Waals surface area contributed by atoms with Crippen LogP contribution in [0.2, 0.25) is 5.02 Å². The van der Waals surface area contributed by atoms with Crippen LogP contribution in [-0.4, -0.2) is 18.7 Å². The molecule has 25 heavy (non-hydrogen) atoms. The van der Waals surface area contributed by atoms with Crippen LogP contribution in [0.15, 0.2) is 41.5 Å². The molecule has 2 rings (SSSR count). The van der Waals surface area contributed by atoms with Gasteiger partial charge in [0.05, 0.1) is 6.21 Å². The number of nitrogens with zero attached hydrogens (tertiary/aromatic N) is 1. The van der Waals surface area contributed by atoms with Crippen LogP contribution in [0.1, 0.15) is 42.0 Å². The van der Waals surface area contributed by atoms with Gasteiger partial charge in [-0.3, -0.25) is 4.79 Å². The van der Waals surface area contributed by atoms with E-state index >= 15 is 0 Å². The highest BCUT2D eigenvalue weighted by molar-refractivity contribution is 6.32. The van der Waals surface area contributed by atoms with Gasteiger partial charge >= 0.3 is 0 Å². The van der Waals surface area contributed by atoms with Crippen LogP contribution < -0.4 is 10.2 Å². The Kier molecular flexibility index (Phi) is 6.59. The Bertz CT molecular complexity index is 745. The second-order valence-corrected chi connectivity index (χ2v) is 6.65. The summed E-state index contributed by atoms with van der Waals surface area (Å²) in [6, 6.07) is 11.7. The largest absolute Gasteiger partial charge is 0.484 e. The maximum atomic E-state index is 11.8. The third-order valence-corrected chi connectivity index (χ3v) is 4.38. The predicted molar refractivity (Wildman–Crippen MR) is 103 cm³/mol. The molecule has 132 valence electrons. The quantitative estimate of drug-likeness (QED) is 0.605. The number of hydrazone groups is 1. The zero-order chi connectivity index (χ0) is 18.4. The second kappa shape index (κ2) is 8.67. The SMILES string of the molecule is Cc1cc(OCC(=O)N/N=C/c2ccc(C(C)C)cc2)cc(C)c1Cl. The van der Waals surface area contributed by atoms with Gasteiger partial charge in [-0.1, -0.05) is 49.7 Å². The predicted octanol–water partition coefficient (Wildman–Crippen LogP) is 4.61. The van der Waals surface area contributed by atoms with Crippen molar-refractivity contribution in [2.45, 2.75) is 33.6 Å². The second-order valence-electron chi connectivity index (χ2n) is 6.27. The summed E-state index contributed by atoms with van der Waals surface area (Å²) in [5.41, 5.74) is 6.48. The zero-order valence-electron chi connectivity index (χ0n) is 15.0. The van der Waals surface area contributed by atoms with Gasteiger partial charge in [-0.05, 0) is 54.2 Å². The van der Waals surface area contributed by atoms with Crippen LogP contribution in [-0.2, 0) is 4.79 Å². The van der Waals surface area contributed by atoms with E-state index in [1.807, 2.05) is 38.1 Å². The minimum Gasteiger partial charge on any atom is -0.484 e. The van der Waals surface area contributed by atoms with Crippen molar-refractivity contribution in [1.82, 2.24) is 5.43 Å². The molecule has 0 spiro atoms. The number of hydrogen-bond donors (Lipinski definition) is 1. The number of carbonyl (C=O) groups excluding carboxylic acids is 1. The molecule has 5 heteroatoms. The molecule has 2 aromatic carbocycles. The highest BCUT2D eigenvalue weighted by Gasteiger charge is 2.06. The lowest BCUT2D eigenvalue weighted by molar-refractivity contribution is -0.123. The van der Waals surface area contributed by atoms with Crippen LogP contribution in [0, 0.1) is 13.8 Å². The molecule has 0 radical (unpaired) electrons. The fraction of sp³-hybridized carbons (Fsp3) is 0.300. The molecule has 0 atom stereocenters. The van der Waals surface area contributed by atoms with Gasteiger partial charge in [0.15, 0.2) is 6.61 Å². The first-order valence-corrected chi connectivity index (χ1v) is 8.56. The van der Waals surface area contributed by atoms with E-state index in [0.717, 1.165) is 16.7 Å². The number of aryl methyl sites for hydroxylation is 2. The standard InChI is InChI=1S/C20H23ClN2O2/c1-13(2)17-7-5-16(6-8-17)11-22-23-19(24)12-25-18-9-14(3)20(21)15(4)10-18/h5-11,13H,12H2,1-4H3,(H,23,24)/b22-11+. The highest BCUT2D eigenvalue weighted by Crippen LogP contribution is 2.25. The van der Waals surface area contributed by atoms with Crippen LogP contribution >= 0.6 is 11.6 Å². The number of ether oxygens (including phenoxy) is 1. The lowest BCUT2D eigenvalue weighted by Gasteiger charge is -2.09. The Morgan fingerprint density at radius 1 is 1.20 bits per heavy atom. The van der Waals surface area contributed by atoms with Crippen molar-refractivity contribution in [1.29, 1.82) is 0 Å². The Hall–Kier alpha value is -2.33. The van der Waals surface area contributed by atoms with Crippen molar-refractivity contribution in [2.24, 2.45) is 5.10 Å². The smallest absolute Gasteiger partial charge is 0.277 e. The van der Waals surface area contributed by atoms with Gasteiger partial charge in [-0.2, -0.15) is 5.10 Å². The summed E-state index contributed by atoms with van der Waals surface area (Å²) in [5, 5.41) is 4.66. The fourth-order valence-electron chi connectivity index (χ4n) is 2.32. The molecule has 1 amide bonds. The lowest BCUT2D eigenvalue weighted by Crippen LogP contribution is -2.24. The molecule has 0 saturated heterocycles. The molecule has 4 nitrogen and oxygen atoms in total. The molecule has 0 aliphatic rings. The number of rotatable bonds is 6. The molecule has 0 fully saturated rings. The van der Waals surface area contributed by atoms with Crippen molar-refractivity contribution in [3.8, 4) is 5.75 Å². The minimum atomic E-state index is -0.319. The average molecular weight is 359 g/mol. The first-order valence-electron chi connectivity index (χ1n) is 8.18. The molecule has 1 N–H and O–H groups in total. The van der Waals surface area contributed by atoms with Gasteiger partial charge in [0.2, 0.25) is 0 Å². The van der Waals surface area contributed by atoms with Gasteiger partial charge in [0, 0.05) is 5.02 Å². The fourth-order valence-corrected chi connectivity index (χ4v) is 2.43. The lowest BCUT2D eigenvalue weighted by atomic mass is 10.0. The molecule has 0 aromatic heterocycles. The normalized spacial score (nSPS) is 11.1. The number of carbonyl (C=O) groups is 1. The third kappa shape index (κ3) is 5.61. The van der Waals surface area contributed by atoms with E-state index in [2.05, 4.69) is 36.5 Å². The van der Waals surface area contributed by atoms with E-state index in [1.54, 1.807) is 6.21 Å². The molecule has 0 aliphatic heterocycles. The average Bonchev–Trinajstić information content (AvgIpc) is 2.58. The maximum absolute atomic E-state index is 11.8. The van der Waals surface area contributed by atoms with E-state index < -0.39 is 0 Å². The first-order chi connectivity index (χ1) is 11.9. The Balaban J connectivity index is 1.84. The topological polar surface area (TPSA) is 50.7 Å². The zero-order valence-corrected chi connectivity index (χ0v) is 15.7. The van der Waals surface area contributed by atoms with Gasteiger partial charge in [-0.15, -0.1) is 0 Å². The van der Waals surface area contributed by atoms with Crippen LogP contribution in [0.25, 0.3) is 0 Å². The molecule has 0 unspecified atom stereocenters. The van der Waals surface area contributed by atoms with Crippen molar-refractivity contribution >= 4 is 23.7 Å². The highest BCUT2D eigenvalue weighted by atomic mass is 35.5. The third-order valence-electron chi connectivity index (χ3n) is 3.79. The minimum absolute atomic E-state index is 0.107. The molecule has 0 aliphatic carbocycles. The summed E-state index contributed by atoms with van der Waals surface area (Å²) in [6.07, 6.45) is 1.61. The summed E-state index contributed by atoms with van der Waals surface area (Å²) in [7, 11) is 0. The Morgan fingerprint density at radius 2 is 1.80 bits per heavy atom.